The third-order valence-corrected chi connectivity index (χ3v) is 5.82. The average molecular weight is 359 g/mol. The van der Waals surface area contributed by atoms with Gasteiger partial charge in [0.05, 0.1) is 5.25 Å². The van der Waals surface area contributed by atoms with Gasteiger partial charge in [0, 0.05) is 17.6 Å². The summed E-state index contributed by atoms with van der Waals surface area (Å²) in [4.78, 5) is 19.5. The van der Waals surface area contributed by atoms with Gasteiger partial charge in [-0.05, 0) is 47.0 Å². The highest BCUT2D eigenvalue weighted by molar-refractivity contribution is 8.00. The Bertz CT molecular complexity index is 717. The van der Waals surface area contributed by atoms with Crippen LogP contribution in [0.2, 0.25) is 0 Å². The van der Waals surface area contributed by atoms with Crippen LogP contribution in [0.15, 0.2) is 29.4 Å². The number of benzene rings is 1. The molecule has 0 radical (unpaired) electrons. The van der Waals surface area contributed by atoms with Crippen LogP contribution in [0.4, 0.5) is 0 Å². The second-order valence-electron chi connectivity index (χ2n) is 6.97. The molecule has 134 valence electrons. The maximum absolute atomic E-state index is 12.9. The number of carbonyl (C=O) groups excluding carboxylic acids is 1. The number of nitrogens with zero attached hydrogens (tertiary/aromatic N) is 3. The number of nitrogens with one attached hydrogen (secondary N) is 1. The van der Waals surface area contributed by atoms with Crippen molar-refractivity contribution >= 4 is 17.7 Å². The van der Waals surface area contributed by atoms with Crippen molar-refractivity contribution in [1.29, 1.82) is 0 Å². The number of aromatic nitrogens is 3. The number of thioether (sulfide) groups is 1. The van der Waals surface area contributed by atoms with Gasteiger partial charge in [0.1, 0.15) is 0 Å². The van der Waals surface area contributed by atoms with Crippen molar-refractivity contribution in [3.05, 3.63) is 29.8 Å². The molecule has 5 nitrogen and oxygen atoms in total. The lowest BCUT2D eigenvalue weighted by Gasteiger charge is -2.40. The SMILES string of the molecule is Cc1ccc(-c2nc(S[C@@H](C)C(=O)N3[C@H](C)CCC[C@@H]3C)n[nH]2)cc1. The molecule has 1 fully saturated rings. The molecule has 0 saturated carbocycles. The quantitative estimate of drug-likeness (QED) is 0.838. The van der Waals surface area contributed by atoms with Gasteiger partial charge >= 0.3 is 0 Å². The Morgan fingerprint density at radius 2 is 1.88 bits per heavy atom. The number of hydrogen-bond donors (Lipinski definition) is 1. The van der Waals surface area contributed by atoms with Crippen molar-refractivity contribution in [3.8, 4) is 11.4 Å². The van der Waals surface area contributed by atoms with Crippen molar-refractivity contribution in [2.45, 2.75) is 69.4 Å². The second-order valence-corrected chi connectivity index (χ2v) is 8.28. The van der Waals surface area contributed by atoms with Crippen LogP contribution in [0, 0.1) is 6.92 Å². The van der Waals surface area contributed by atoms with Crippen molar-refractivity contribution in [2.24, 2.45) is 0 Å². The van der Waals surface area contributed by atoms with Gasteiger partial charge in [-0.2, -0.15) is 0 Å². The van der Waals surface area contributed by atoms with E-state index in [0.717, 1.165) is 24.2 Å². The van der Waals surface area contributed by atoms with Crippen LogP contribution in [-0.4, -0.2) is 43.3 Å². The highest BCUT2D eigenvalue weighted by Gasteiger charge is 2.32. The summed E-state index contributed by atoms with van der Waals surface area (Å²) >= 11 is 1.42. The summed E-state index contributed by atoms with van der Waals surface area (Å²) in [7, 11) is 0. The maximum Gasteiger partial charge on any atom is 0.236 e. The standard InChI is InChI=1S/C19H26N4OS/c1-12-8-10-16(11-9-12)17-20-19(22-21-17)25-15(4)18(24)23-13(2)6-5-7-14(23)3/h8-11,13-15H,5-7H2,1-4H3,(H,20,21,22)/t13-,14+,15-/m0/s1. The molecule has 25 heavy (non-hydrogen) atoms. The number of hydrogen-bond acceptors (Lipinski definition) is 4. The molecule has 3 rings (SSSR count). The van der Waals surface area contributed by atoms with Crippen LogP contribution >= 0.6 is 11.8 Å². The van der Waals surface area contributed by atoms with Crippen molar-refractivity contribution < 1.29 is 4.79 Å². The Hall–Kier alpha value is -1.82. The summed E-state index contributed by atoms with van der Waals surface area (Å²) in [5, 5.41) is 7.68. The Kier molecular flexibility index (Phi) is 5.47. The molecular weight excluding hydrogens is 332 g/mol. The molecule has 0 unspecified atom stereocenters. The van der Waals surface area contributed by atoms with Crippen LogP contribution in [0.5, 0.6) is 0 Å². The largest absolute Gasteiger partial charge is 0.336 e. The summed E-state index contributed by atoms with van der Waals surface area (Å²) < 4.78 is 0. The normalized spacial score (nSPS) is 22.0. The minimum atomic E-state index is -0.190. The Balaban J connectivity index is 1.67. The first kappa shape index (κ1) is 18.0. The lowest BCUT2D eigenvalue weighted by atomic mass is 9.97. The van der Waals surface area contributed by atoms with Crippen molar-refractivity contribution in [3.63, 3.8) is 0 Å². The third-order valence-electron chi connectivity index (χ3n) is 4.87. The topological polar surface area (TPSA) is 61.9 Å². The van der Waals surface area contributed by atoms with Crippen LogP contribution < -0.4 is 0 Å². The van der Waals surface area contributed by atoms with E-state index >= 15 is 0 Å². The van der Waals surface area contributed by atoms with E-state index in [9.17, 15) is 4.79 Å². The summed E-state index contributed by atoms with van der Waals surface area (Å²) in [6, 6.07) is 8.78. The molecule has 0 bridgehead atoms. The van der Waals surface area contributed by atoms with E-state index < -0.39 is 0 Å². The summed E-state index contributed by atoms with van der Waals surface area (Å²) in [6.07, 6.45) is 3.38. The third kappa shape index (κ3) is 4.06. The zero-order valence-corrected chi connectivity index (χ0v) is 16.1. The molecule has 1 N–H and O–H groups in total. The van der Waals surface area contributed by atoms with E-state index in [0.29, 0.717) is 17.2 Å². The van der Waals surface area contributed by atoms with Crippen molar-refractivity contribution in [1.82, 2.24) is 20.1 Å². The molecule has 2 aromatic rings. The maximum atomic E-state index is 12.9. The number of piperidine rings is 1. The molecular formula is C19H26N4OS. The van der Waals surface area contributed by atoms with Crippen LogP contribution in [-0.2, 0) is 4.79 Å². The summed E-state index contributed by atoms with van der Waals surface area (Å²) in [5.41, 5.74) is 2.21. The lowest BCUT2D eigenvalue weighted by Crippen LogP contribution is -2.50. The zero-order chi connectivity index (χ0) is 18.0. The lowest BCUT2D eigenvalue weighted by molar-refractivity contribution is -0.136. The van der Waals surface area contributed by atoms with Gasteiger partial charge in [0.2, 0.25) is 11.1 Å². The Morgan fingerprint density at radius 1 is 1.24 bits per heavy atom. The van der Waals surface area contributed by atoms with Crippen LogP contribution in [0.25, 0.3) is 11.4 Å². The first-order valence-electron chi connectivity index (χ1n) is 8.94. The van der Waals surface area contributed by atoms with Crippen LogP contribution in [0.1, 0.15) is 45.6 Å². The minimum Gasteiger partial charge on any atom is -0.336 e. The van der Waals surface area contributed by atoms with Crippen LogP contribution in [0.3, 0.4) is 0 Å². The van der Waals surface area contributed by atoms with Gasteiger partial charge in [-0.15, -0.1) is 5.10 Å². The number of carbonyl (C=O) groups is 1. The van der Waals surface area contributed by atoms with E-state index in [1.54, 1.807) is 0 Å². The minimum absolute atomic E-state index is 0.186. The first-order chi connectivity index (χ1) is 12.0. The summed E-state index contributed by atoms with van der Waals surface area (Å²) in [6.45, 7) is 8.30. The number of rotatable bonds is 4. The number of likely N-dealkylation sites (tertiary alicyclic amines) is 1. The monoisotopic (exact) mass is 358 g/mol. The molecule has 0 spiro atoms. The second kappa shape index (κ2) is 7.60. The molecule has 6 heteroatoms. The van der Waals surface area contributed by atoms with Gasteiger partial charge in [-0.3, -0.25) is 9.89 Å². The number of aromatic amines is 1. The molecule has 2 heterocycles. The predicted molar refractivity (Wildman–Crippen MR) is 101 cm³/mol. The molecule has 1 aromatic heterocycles. The molecule has 3 atom stereocenters. The molecule has 1 aliphatic rings. The molecule has 0 aliphatic carbocycles. The zero-order valence-electron chi connectivity index (χ0n) is 15.3. The Labute approximate surface area is 153 Å². The molecule has 1 saturated heterocycles. The fourth-order valence-electron chi connectivity index (χ4n) is 3.41. The van der Waals surface area contributed by atoms with Gasteiger partial charge < -0.3 is 4.90 Å². The first-order valence-corrected chi connectivity index (χ1v) is 9.82. The van der Waals surface area contributed by atoms with Gasteiger partial charge in [0.15, 0.2) is 5.82 Å². The van der Waals surface area contributed by atoms with E-state index in [-0.39, 0.29) is 11.2 Å². The van der Waals surface area contributed by atoms with Gasteiger partial charge in [-0.25, -0.2) is 4.98 Å². The molecule has 1 aliphatic heterocycles. The molecule has 1 aromatic carbocycles. The predicted octanol–water partition coefficient (Wildman–Crippen LogP) is 4.05. The van der Waals surface area contributed by atoms with Gasteiger partial charge in [0.25, 0.3) is 0 Å². The highest BCUT2D eigenvalue weighted by atomic mass is 32.2. The van der Waals surface area contributed by atoms with Gasteiger partial charge in [-0.1, -0.05) is 41.6 Å². The van der Waals surface area contributed by atoms with E-state index in [4.69, 9.17) is 0 Å². The molecule has 1 amide bonds. The van der Waals surface area contributed by atoms with E-state index in [2.05, 4.69) is 53.0 Å². The van der Waals surface area contributed by atoms with Crippen molar-refractivity contribution in [2.75, 3.05) is 0 Å². The van der Waals surface area contributed by atoms with E-state index in [1.165, 1.54) is 23.7 Å². The smallest absolute Gasteiger partial charge is 0.236 e. The Morgan fingerprint density at radius 3 is 2.52 bits per heavy atom. The number of H-pyrrole nitrogens is 1. The fourth-order valence-corrected chi connectivity index (χ4v) is 4.19. The summed E-state index contributed by atoms with van der Waals surface area (Å²) in [5.74, 6) is 0.924. The number of amides is 1. The average Bonchev–Trinajstić information content (AvgIpc) is 3.03. The van der Waals surface area contributed by atoms with E-state index in [1.807, 2.05) is 19.1 Å². The highest BCUT2D eigenvalue weighted by Crippen LogP contribution is 2.28. The number of aryl methyl sites for hydroxylation is 1. The fraction of sp³-hybridized carbons (Fsp3) is 0.526.